The average molecular weight is 352 g/mol. The van der Waals surface area contributed by atoms with Gasteiger partial charge in [0.05, 0.1) is 18.7 Å². The zero-order valence-electron chi connectivity index (χ0n) is 15.4. The molecular formula is C21H24N2O3. The van der Waals surface area contributed by atoms with Crippen molar-refractivity contribution in [2.24, 2.45) is 0 Å². The normalized spacial score (nSPS) is 17.1. The first-order valence-electron chi connectivity index (χ1n) is 8.95. The van der Waals surface area contributed by atoms with E-state index in [-0.39, 0.29) is 18.2 Å². The number of benzene rings is 2. The van der Waals surface area contributed by atoms with Crippen molar-refractivity contribution < 1.29 is 14.3 Å². The number of hydrogen-bond donors (Lipinski definition) is 1. The molecule has 1 heterocycles. The molecule has 2 aromatic rings. The summed E-state index contributed by atoms with van der Waals surface area (Å²) in [4.78, 5) is 26.4. The molecule has 1 aliphatic rings. The summed E-state index contributed by atoms with van der Waals surface area (Å²) < 4.78 is 5.41. The van der Waals surface area contributed by atoms with Crippen LogP contribution in [0.1, 0.15) is 38.7 Å². The maximum atomic E-state index is 12.8. The van der Waals surface area contributed by atoms with Crippen molar-refractivity contribution in [3.63, 3.8) is 0 Å². The molecule has 0 spiro atoms. The van der Waals surface area contributed by atoms with Crippen LogP contribution in [0.3, 0.4) is 0 Å². The Hall–Kier alpha value is -2.82. The van der Waals surface area contributed by atoms with E-state index in [1.54, 1.807) is 24.3 Å². The molecule has 0 aromatic heterocycles. The second kappa shape index (κ2) is 7.60. The van der Waals surface area contributed by atoms with Crippen LogP contribution < -0.4 is 15.0 Å². The van der Waals surface area contributed by atoms with Crippen LogP contribution in [0.4, 0.5) is 11.4 Å². The lowest BCUT2D eigenvalue weighted by atomic mass is 10.0. The molecule has 1 saturated heterocycles. The fourth-order valence-corrected chi connectivity index (χ4v) is 3.06. The van der Waals surface area contributed by atoms with E-state index in [2.05, 4.69) is 25.2 Å². The lowest BCUT2D eigenvalue weighted by molar-refractivity contribution is -0.121. The van der Waals surface area contributed by atoms with Gasteiger partial charge in [-0.3, -0.25) is 9.59 Å². The van der Waals surface area contributed by atoms with Crippen LogP contribution in [0.15, 0.2) is 48.5 Å². The first-order valence-corrected chi connectivity index (χ1v) is 8.95. The number of carbonyl (C=O) groups excluding carboxylic acids is 2. The van der Waals surface area contributed by atoms with Crippen molar-refractivity contribution in [2.75, 3.05) is 16.8 Å². The number of imide groups is 1. The Kier molecular flexibility index (Phi) is 5.26. The van der Waals surface area contributed by atoms with Gasteiger partial charge in [-0.05, 0) is 54.8 Å². The molecule has 2 amide bonds. The van der Waals surface area contributed by atoms with Crippen LogP contribution in [0.25, 0.3) is 0 Å². The molecule has 0 saturated carbocycles. The van der Waals surface area contributed by atoms with E-state index in [0.717, 1.165) is 11.4 Å². The van der Waals surface area contributed by atoms with Gasteiger partial charge in [0.1, 0.15) is 11.8 Å². The Labute approximate surface area is 154 Å². The molecule has 5 heteroatoms. The average Bonchev–Trinajstić information content (AvgIpc) is 2.90. The lowest BCUT2D eigenvalue weighted by Gasteiger charge is -2.17. The topological polar surface area (TPSA) is 58.6 Å². The van der Waals surface area contributed by atoms with Crippen LogP contribution in [0.2, 0.25) is 0 Å². The summed E-state index contributed by atoms with van der Waals surface area (Å²) in [5, 5.41) is 3.21. The third-order valence-corrected chi connectivity index (χ3v) is 4.45. The molecular weight excluding hydrogens is 328 g/mol. The molecule has 136 valence electrons. The first kappa shape index (κ1) is 18.0. The van der Waals surface area contributed by atoms with Gasteiger partial charge in [-0.15, -0.1) is 0 Å². The molecule has 1 aliphatic heterocycles. The zero-order valence-corrected chi connectivity index (χ0v) is 15.4. The number of rotatable bonds is 6. The summed E-state index contributed by atoms with van der Waals surface area (Å²) in [6, 6.07) is 14.4. The molecule has 2 aromatic carbocycles. The SMILES string of the molecule is CCOc1ccc(N2C(=O)C[C@@H](Nc3cccc(C(C)C)c3)C2=O)cc1. The highest BCUT2D eigenvalue weighted by Crippen LogP contribution is 2.27. The van der Waals surface area contributed by atoms with Gasteiger partial charge < -0.3 is 10.1 Å². The lowest BCUT2D eigenvalue weighted by Crippen LogP contribution is -2.34. The summed E-state index contributed by atoms with van der Waals surface area (Å²) in [6.45, 7) is 6.72. The Morgan fingerprint density at radius 2 is 1.88 bits per heavy atom. The highest BCUT2D eigenvalue weighted by Gasteiger charge is 2.39. The summed E-state index contributed by atoms with van der Waals surface area (Å²) in [5.41, 5.74) is 2.62. The molecule has 0 bridgehead atoms. The van der Waals surface area contributed by atoms with E-state index >= 15 is 0 Å². The molecule has 0 unspecified atom stereocenters. The third-order valence-electron chi connectivity index (χ3n) is 4.45. The minimum Gasteiger partial charge on any atom is -0.494 e. The predicted molar refractivity (Wildman–Crippen MR) is 103 cm³/mol. The highest BCUT2D eigenvalue weighted by molar-refractivity contribution is 6.23. The zero-order chi connectivity index (χ0) is 18.7. The van der Waals surface area contributed by atoms with Crippen LogP contribution in [-0.2, 0) is 9.59 Å². The van der Waals surface area contributed by atoms with E-state index in [9.17, 15) is 9.59 Å². The monoisotopic (exact) mass is 352 g/mol. The quantitative estimate of drug-likeness (QED) is 0.800. The summed E-state index contributed by atoms with van der Waals surface area (Å²) in [6.07, 6.45) is 0.151. The Bertz CT molecular complexity index is 799. The second-order valence-electron chi connectivity index (χ2n) is 6.68. The van der Waals surface area contributed by atoms with Gasteiger partial charge in [0.25, 0.3) is 5.91 Å². The summed E-state index contributed by atoms with van der Waals surface area (Å²) >= 11 is 0. The largest absolute Gasteiger partial charge is 0.494 e. The van der Waals surface area contributed by atoms with Gasteiger partial charge in [0.2, 0.25) is 5.91 Å². The standard InChI is InChI=1S/C21H24N2O3/c1-4-26-18-10-8-17(9-11-18)23-20(24)13-19(21(23)25)22-16-7-5-6-15(12-16)14(2)3/h5-12,14,19,22H,4,13H2,1-3H3/t19-/m1/s1. The summed E-state index contributed by atoms with van der Waals surface area (Å²) in [5.74, 6) is 0.694. The van der Waals surface area contributed by atoms with E-state index in [1.165, 1.54) is 10.5 Å². The minimum atomic E-state index is -0.545. The van der Waals surface area contributed by atoms with Gasteiger partial charge in [0.15, 0.2) is 0 Å². The maximum Gasteiger partial charge on any atom is 0.256 e. The van der Waals surface area contributed by atoms with Gasteiger partial charge in [-0.1, -0.05) is 26.0 Å². The molecule has 26 heavy (non-hydrogen) atoms. The molecule has 3 rings (SSSR count). The first-order chi connectivity index (χ1) is 12.5. The number of amides is 2. The summed E-state index contributed by atoms with van der Waals surface area (Å²) in [7, 11) is 0. The van der Waals surface area contributed by atoms with Crippen LogP contribution in [0, 0.1) is 0 Å². The van der Waals surface area contributed by atoms with Crippen LogP contribution in [0.5, 0.6) is 5.75 Å². The molecule has 1 fully saturated rings. The second-order valence-corrected chi connectivity index (χ2v) is 6.68. The number of nitrogens with one attached hydrogen (secondary N) is 1. The molecule has 5 nitrogen and oxygen atoms in total. The van der Waals surface area contributed by atoms with Crippen molar-refractivity contribution in [1.82, 2.24) is 0 Å². The third kappa shape index (κ3) is 3.72. The van der Waals surface area contributed by atoms with Gasteiger partial charge in [-0.25, -0.2) is 4.90 Å². The van der Waals surface area contributed by atoms with Gasteiger partial charge in [0, 0.05) is 5.69 Å². The van der Waals surface area contributed by atoms with Crippen molar-refractivity contribution in [3.8, 4) is 5.75 Å². The predicted octanol–water partition coefficient (Wildman–Crippen LogP) is 3.95. The Morgan fingerprint density at radius 3 is 2.54 bits per heavy atom. The smallest absolute Gasteiger partial charge is 0.256 e. The van der Waals surface area contributed by atoms with Crippen molar-refractivity contribution in [3.05, 3.63) is 54.1 Å². The van der Waals surface area contributed by atoms with E-state index < -0.39 is 6.04 Å². The molecule has 0 aliphatic carbocycles. The van der Waals surface area contributed by atoms with Crippen molar-refractivity contribution in [2.45, 2.75) is 39.2 Å². The van der Waals surface area contributed by atoms with E-state index in [4.69, 9.17) is 4.74 Å². The van der Waals surface area contributed by atoms with Gasteiger partial charge >= 0.3 is 0 Å². The van der Waals surface area contributed by atoms with Crippen LogP contribution in [-0.4, -0.2) is 24.5 Å². The van der Waals surface area contributed by atoms with Crippen LogP contribution >= 0.6 is 0 Å². The number of ether oxygens (including phenoxy) is 1. The fraction of sp³-hybridized carbons (Fsp3) is 0.333. The van der Waals surface area contributed by atoms with E-state index in [0.29, 0.717) is 18.2 Å². The number of hydrogen-bond acceptors (Lipinski definition) is 4. The Balaban J connectivity index is 1.75. The molecule has 1 N–H and O–H groups in total. The number of anilines is 2. The molecule has 0 radical (unpaired) electrons. The minimum absolute atomic E-state index is 0.151. The maximum absolute atomic E-state index is 12.8. The molecule has 1 atom stereocenters. The van der Waals surface area contributed by atoms with E-state index in [1.807, 2.05) is 25.1 Å². The van der Waals surface area contributed by atoms with Gasteiger partial charge in [-0.2, -0.15) is 0 Å². The fourth-order valence-electron chi connectivity index (χ4n) is 3.06. The highest BCUT2D eigenvalue weighted by atomic mass is 16.5. The van der Waals surface area contributed by atoms with Crippen molar-refractivity contribution >= 4 is 23.2 Å². The number of carbonyl (C=O) groups is 2. The number of nitrogens with zero attached hydrogens (tertiary/aromatic N) is 1. The Morgan fingerprint density at radius 1 is 1.15 bits per heavy atom. The van der Waals surface area contributed by atoms with Crippen molar-refractivity contribution in [1.29, 1.82) is 0 Å².